The molecule has 2 aromatic carbocycles. The number of alkyl carbamates (subject to hydrolysis) is 1. The fourth-order valence-corrected chi connectivity index (χ4v) is 2.63. The topological polar surface area (TPSA) is 38.3 Å². The molecule has 0 heterocycles. The predicted octanol–water partition coefficient (Wildman–Crippen LogP) is 5.39. The second-order valence-electron chi connectivity index (χ2n) is 7.02. The quantitative estimate of drug-likeness (QED) is 0.583. The Kier molecular flexibility index (Phi) is 6.76. The van der Waals surface area contributed by atoms with Gasteiger partial charge in [0.15, 0.2) is 0 Å². The van der Waals surface area contributed by atoms with Crippen LogP contribution >= 0.6 is 11.8 Å². The van der Waals surface area contributed by atoms with Crippen LogP contribution in [0.2, 0.25) is 0 Å². The van der Waals surface area contributed by atoms with Crippen LogP contribution in [0.15, 0.2) is 53.4 Å². The van der Waals surface area contributed by atoms with E-state index in [1.807, 2.05) is 64.1 Å². The average Bonchev–Trinajstić information content (AvgIpc) is 2.59. The third kappa shape index (κ3) is 6.50. The van der Waals surface area contributed by atoms with Crippen molar-refractivity contribution in [3.63, 3.8) is 0 Å². The predicted molar refractivity (Wildman–Crippen MR) is 108 cm³/mol. The van der Waals surface area contributed by atoms with Crippen LogP contribution in [0.3, 0.4) is 0 Å². The van der Waals surface area contributed by atoms with Crippen molar-refractivity contribution in [3.05, 3.63) is 65.2 Å². The van der Waals surface area contributed by atoms with Crippen molar-refractivity contribution in [3.8, 4) is 11.8 Å². The van der Waals surface area contributed by atoms with Crippen LogP contribution in [0.1, 0.15) is 50.5 Å². The monoisotopic (exact) mass is 367 g/mol. The first-order valence-electron chi connectivity index (χ1n) is 8.52. The molecule has 0 saturated heterocycles. The maximum Gasteiger partial charge on any atom is 0.408 e. The molecule has 0 aromatic heterocycles. The summed E-state index contributed by atoms with van der Waals surface area (Å²) in [5.41, 5.74) is 2.53. The summed E-state index contributed by atoms with van der Waals surface area (Å²) in [5, 5.41) is 2.79. The molecular formula is C22H25NO2S. The Morgan fingerprint density at radius 2 is 1.50 bits per heavy atom. The summed E-state index contributed by atoms with van der Waals surface area (Å²) < 4.78 is 5.42. The van der Waals surface area contributed by atoms with Gasteiger partial charge in [0.25, 0.3) is 0 Å². The Hall–Kier alpha value is -2.38. The van der Waals surface area contributed by atoms with Gasteiger partial charge in [0.1, 0.15) is 6.10 Å². The Bertz CT molecular complexity index is 793. The number of hydrogen-bond acceptors (Lipinski definition) is 3. The van der Waals surface area contributed by atoms with E-state index in [2.05, 4.69) is 35.5 Å². The molecule has 0 fully saturated rings. The second-order valence-corrected chi connectivity index (χ2v) is 7.90. The molecule has 3 nitrogen and oxygen atoms in total. The molecular weight excluding hydrogens is 342 g/mol. The largest absolute Gasteiger partial charge is 0.442 e. The van der Waals surface area contributed by atoms with Gasteiger partial charge >= 0.3 is 6.09 Å². The summed E-state index contributed by atoms with van der Waals surface area (Å²) in [6, 6.07) is 16.0. The van der Waals surface area contributed by atoms with E-state index in [0.29, 0.717) is 0 Å². The molecule has 2 aromatic rings. The van der Waals surface area contributed by atoms with E-state index in [4.69, 9.17) is 4.74 Å². The fourth-order valence-electron chi connectivity index (χ4n) is 2.22. The van der Waals surface area contributed by atoms with Crippen molar-refractivity contribution < 1.29 is 9.53 Å². The van der Waals surface area contributed by atoms with Crippen LogP contribution in [0.25, 0.3) is 0 Å². The molecule has 0 bridgehead atoms. The van der Waals surface area contributed by atoms with E-state index in [1.54, 1.807) is 11.8 Å². The zero-order valence-corrected chi connectivity index (χ0v) is 16.7. The van der Waals surface area contributed by atoms with E-state index in [9.17, 15) is 4.79 Å². The summed E-state index contributed by atoms with van der Waals surface area (Å²) in [6.45, 7) is 7.61. The van der Waals surface area contributed by atoms with Crippen molar-refractivity contribution >= 4 is 17.9 Å². The minimum atomic E-state index is -0.414. The number of carbonyl (C=O) groups excluding carboxylic acids is 1. The molecule has 0 unspecified atom stereocenters. The van der Waals surface area contributed by atoms with Gasteiger partial charge in [-0.1, -0.05) is 24.0 Å². The highest BCUT2D eigenvalue weighted by Crippen LogP contribution is 2.18. The zero-order chi connectivity index (χ0) is 19.2. The molecule has 4 heteroatoms. The number of hydrogen-bond donors (Lipinski definition) is 1. The SMILES string of the molecule is CSc1ccc(C#Cc2ccc([C@H](C)OC(=O)NC(C)(C)C)cc2)cc1. The van der Waals surface area contributed by atoms with E-state index in [-0.39, 0.29) is 11.6 Å². The molecule has 1 amide bonds. The molecule has 0 aliphatic heterocycles. The van der Waals surface area contributed by atoms with Crippen LogP contribution in [-0.2, 0) is 4.74 Å². The highest BCUT2D eigenvalue weighted by atomic mass is 32.2. The smallest absolute Gasteiger partial charge is 0.408 e. The molecule has 1 atom stereocenters. The van der Waals surface area contributed by atoms with Crippen LogP contribution < -0.4 is 5.32 Å². The van der Waals surface area contributed by atoms with E-state index >= 15 is 0 Å². The van der Waals surface area contributed by atoms with Gasteiger partial charge in [-0.15, -0.1) is 11.8 Å². The van der Waals surface area contributed by atoms with Crippen LogP contribution in [0.5, 0.6) is 0 Å². The highest BCUT2D eigenvalue weighted by molar-refractivity contribution is 7.98. The first kappa shape index (κ1) is 19.9. The molecule has 0 aliphatic carbocycles. The number of thioether (sulfide) groups is 1. The van der Waals surface area contributed by atoms with E-state index < -0.39 is 6.09 Å². The van der Waals surface area contributed by atoms with Crippen molar-refractivity contribution in [2.75, 3.05) is 6.26 Å². The zero-order valence-electron chi connectivity index (χ0n) is 15.9. The lowest BCUT2D eigenvalue weighted by Gasteiger charge is -2.22. The molecule has 26 heavy (non-hydrogen) atoms. The van der Waals surface area contributed by atoms with Gasteiger partial charge in [-0.2, -0.15) is 0 Å². The summed E-state index contributed by atoms with van der Waals surface area (Å²) in [5.74, 6) is 6.32. The fraction of sp³-hybridized carbons (Fsp3) is 0.318. The first-order valence-corrected chi connectivity index (χ1v) is 9.74. The number of rotatable bonds is 3. The van der Waals surface area contributed by atoms with Crippen LogP contribution in [0, 0.1) is 11.8 Å². The molecule has 0 radical (unpaired) electrons. The Labute approximate surface area is 160 Å². The van der Waals surface area contributed by atoms with Gasteiger partial charge in [-0.05, 0) is 75.9 Å². The van der Waals surface area contributed by atoms with Crippen molar-refractivity contribution in [1.29, 1.82) is 0 Å². The summed E-state index contributed by atoms with van der Waals surface area (Å²) in [4.78, 5) is 13.1. The lowest BCUT2D eigenvalue weighted by Crippen LogP contribution is -2.41. The van der Waals surface area contributed by atoms with Crippen molar-refractivity contribution in [1.82, 2.24) is 5.32 Å². The van der Waals surface area contributed by atoms with Gasteiger partial charge < -0.3 is 10.1 Å². The molecule has 2 rings (SSSR count). The van der Waals surface area contributed by atoms with Crippen molar-refractivity contribution in [2.24, 2.45) is 0 Å². The second kappa shape index (κ2) is 8.82. The van der Waals surface area contributed by atoms with Gasteiger partial charge in [0.05, 0.1) is 0 Å². The molecule has 0 spiro atoms. The Balaban J connectivity index is 1.99. The standard InChI is InChI=1S/C22H25NO2S/c1-16(25-21(24)23-22(2,3)4)19-12-8-17(9-13-19)6-7-18-10-14-20(26-5)15-11-18/h8-16H,1-5H3,(H,23,24)/t16-/m0/s1. The highest BCUT2D eigenvalue weighted by Gasteiger charge is 2.17. The van der Waals surface area contributed by atoms with E-state index in [0.717, 1.165) is 16.7 Å². The van der Waals surface area contributed by atoms with Crippen LogP contribution in [0.4, 0.5) is 4.79 Å². The third-order valence-electron chi connectivity index (χ3n) is 3.58. The Morgan fingerprint density at radius 3 is 1.96 bits per heavy atom. The normalized spacial score (nSPS) is 11.9. The van der Waals surface area contributed by atoms with Gasteiger partial charge in [-0.25, -0.2) is 4.79 Å². The van der Waals surface area contributed by atoms with Gasteiger partial charge in [0, 0.05) is 21.6 Å². The molecule has 0 aliphatic rings. The average molecular weight is 368 g/mol. The number of carbonyl (C=O) groups is 1. The maximum atomic E-state index is 11.9. The van der Waals surface area contributed by atoms with Gasteiger partial charge in [0.2, 0.25) is 0 Å². The number of benzene rings is 2. The lowest BCUT2D eigenvalue weighted by molar-refractivity contribution is 0.100. The number of nitrogens with one attached hydrogen (secondary N) is 1. The third-order valence-corrected chi connectivity index (χ3v) is 4.33. The molecule has 0 saturated carbocycles. The van der Waals surface area contributed by atoms with Crippen LogP contribution in [-0.4, -0.2) is 17.9 Å². The number of amides is 1. The lowest BCUT2D eigenvalue weighted by atomic mass is 10.1. The minimum absolute atomic E-state index is 0.315. The first-order chi connectivity index (χ1) is 12.3. The van der Waals surface area contributed by atoms with Gasteiger partial charge in [-0.3, -0.25) is 0 Å². The molecule has 136 valence electrons. The molecule has 1 N–H and O–H groups in total. The summed E-state index contributed by atoms with van der Waals surface area (Å²) in [7, 11) is 0. The van der Waals surface area contributed by atoms with E-state index in [1.165, 1.54) is 4.90 Å². The number of ether oxygens (including phenoxy) is 1. The summed E-state index contributed by atoms with van der Waals surface area (Å²) >= 11 is 1.71. The minimum Gasteiger partial charge on any atom is -0.442 e. The Morgan fingerprint density at radius 1 is 1.00 bits per heavy atom. The summed E-state index contributed by atoms with van der Waals surface area (Å²) in [6.07, 6.45) is 1.32. The maximum absolute atomic E-state index is 11.9. The van der Waals surface area contributed by atoms with Crippen molar-refractivity contribution in [2.45, 2.75) is 44.2 Å².